The third kappa shape index (κ3) is 8.57. The van der Waals surface area contributed by atoms with Crippen molar-refractivity contribution in [3.63, 3.8) is 0 Å². The molecule has 0 N–H and O–H groups in total. The van der Waals surface area contributed by atoms with E-state index in [1.54, 1.807) is 0 Å². The summed E-state index contributed by atoms with van der Waals surface area (Å²) in [5.41, 5.74) is 8.00. The molecule has 0 bridgehead atoms. The lowest BCUT2D eigenvalue weighted by atomic mass is 9.86. The van der Waals surface area contributed by atoms with Crippen LogP contribution in [0.2, 0.25) is 0 Å². The minimum absolute atomic E-state index is 1.04. The van der Waals surface area contributed by atoms with Crippen molar-refractivity contribution in [1.29, 1.82) is 0 Å². The second-order valence-electron chi connectivity index (χ2n) is 12.7. The zero-order chi connectivity index (χ0) is 32.5. The van der Waals surface area contributed by atoms with Gasteiger partial charge in [-0.05, 0) is 126 Å². The maximum atomic E-state index is 4.30. The van der Waals surface area contributed by atoms with Gasteiger partial charge in [0.1, 0.15) is 0 Å². The Morgan fingerprint density at radius 1 is 0.413 bits per heavy atom. The van der Waals surface area contributed by atoms with Crippen LogP contribution in [0.5, 0.6) is 0 Å². The predicted octanol–water partition coefficient (Wildman–Crippen LogP) is 16.2. The lowest BCUT2D eigenvalue weighted by molar-refractivity contribution is 0.605. The summed E-state index contributed by atoms with van der Waals surface area (Å²) in [6.07, 6.45) is 17.5. The van der Waals surface area contributed by atoms with Crippen molar-refractivity contribution in [3.05, 3.63) is 102 Å². The van der Waals surface area contributed by atoms with Crippen LogP contribution in [-0.2, 0) is 12.8 Å². The summed E-state index contributed by atoms with van der Waals surface area (Å²) in [5, 5.41) is 5.06. The molecule has 0 aromatic heterocycles. The molecule has 0 aliphatic heterocycles. The van der Waals surface area contributed by atoms with Crippen molar-refractivity contribution in [2.75, 3.05) is 0 Å². The van der Waals surface area contributed by atoms with Gasteiger partial charge in [0, 0.05) is 29.0 Å². The van der Waals surface area contributed by atoms with E-state index in [0.717, 1.165) is 21.8 Å². The molecule has 0 amide bonds. The first-order chi connectivity index (χ1) is 22.4. The molecule has 0 fully saturated rings. The first kappa shape index (κ1) is 35.8. The molecule has 0 radical (unpaired) electrons. The predicted molar refractivity (Wildman–Crippen MR) is 217 cm³/mol. The molecule has 0 spiro atoms. The van der Waals surface area contributed by atoms with Crippen molar-refractivity contribution in [3.8, 4) is 22.3 Å². The summed E-state index contributed by atoms with van der Waals surface area (Å²) in [4.78, 5) is 0. The lowest BCUT2D eigenvalue weighted by Gasteiger charge is -2.25. The largest absolute Gasteiger partial charge is 0.0654 e. The fourth-order valence-electron chi connectivity index (χ4n) is 6.79. The van der Waals surface area contributed by atoms with E-state index in [1.165, 1.54) is 141 Å². The van der Waals surface area contributed by atoms with E-state index < -0.39 is 0 Å². The Balaban J connectivity index is 1.69. The van der Waals surface area contributed by atoms with Gasteiger partial charge >= 0.3 is 0 Å². The quantitative estimate of drug-likeness (QED) is 0.0867. The Morgan fingerprint density at radius 3 is 1.11 bits per heavy atom. The second-order valence-corrected chi connectivity index (χ2v) is 16.0. The summed E-state index contributed by atoms with van der Waals surface area (Å²) < 4.78 is 4.79. The second kappa shape index (κ2) is 17.8. The van der Waals surface area contributed by atoms with Gasteiger partial charge < -0.3 is 0 Å². The van der Waals surface area contributed by atoms with Gasteiger partial charge in [-0.3, -0.25) is 0 Å². The number of fused-ring (bicyclic) bond motifs is 2. The van der Waals surface area contributed by atoms with Gasteiger partial charge in [-0.15, -0.1) is 0 Å². The third-order valence-electron chi connectivity index (χ3n) is 9.34. The topological polar surface area (TPSA) is 0 Å². The normalized spacial score (nSPS) is 11.6. The molecule has 0 nitrogen and oxygen atoms in total. The van der Waals surface area contributed by atoms with Crippen molar-refractivity contribution < 1.29 is 0 Å². The Morgan fingerprint density at radius 2 is 0.739 bits per heavy atom. The van der Waals surface area contributed by atoms with Gasteiger partial charge in [-0.1, -0.05) is 158 Å². The average molecular weight is 870 g/mol. The Labute approximate surface area is 310 Å². The number of hydrogen-bond donors (Lipinski definition) is 0. The lowest BCUT2D eigenvalue weighted by Crippen LogP contribution is -2.04. The molecule has 0 saturated carbocycles. The fourth-order valence-corrected chi connectivity index (χ4v) is 9.61. The standard InChI is InChI=1S/C42H46Br4/c1-3-5-7-9-11-13-23-33-39(35-25-29-19-15-17-21-31(29)27-37(35)43)42(46)34(24-14-12-10-8-6-4-2)40(41(33)45)36-26-30-20-16-18-22-32(30)28-38(36)44/h15-22,25-28H,3-14,23-24H2,1-2H3. The number of unbranched alkanes of at least 4 members (excludes halogenated alkanes) is 10. The molecule has 242 valence electrons. The highest BCUT2D eigenvalue weighted by Gasteiger charge is 2.25. The van der Waals surface area contributed by atoms with Gasteiger partial charge in [-0.2, -0.15) is 0 Å². The van der Waals surface area contributed by atoms with Crippen molar-refractivity contribution in [1.82, 2.24) is 0 Å². The van der Waals surface area contributed by atoms with Crippen LogP contribution < -0.4 is 0 Å². The van der Waals surface area contributed by atoms with Crippen LogP contribution >= 0.6 is 63.7 Å². The molecule has 0 unspecified atom stereocenters. The molecular formula is C42H46Br4. The maximum absolute atomic E-state index is 4.30. The van der Waals surface area contributed by atoms with E-state index in [1.807, 2.05) is 0 Å². The van der Waals surface area contributed by atoms with Crippen molar-refractivity contribution in [2.45, 2.75) is 104 Å². The molecular weight excluding hydrogens is 824 g/mol. The van der Waals surface area contributed by atoms with Crippen molar-refractivity contribution in [2.24, 2.45) is 0 Å². The average Bonchev–Trinajstić information content (AvgIpc) is 3.06. The van der Waals surface area contributed by atoms with Gasteiger partial charge in [0.15, 0.2) is 0 Å². The van der Waals surface area contributed by atoms with Gasteiger partial charge in [0.2, 0.25) is 0 Å². The first-order valence-electron chi connectivity index (χ1n) is 17.3. The summed E-state index contributed by atoms with van der Waals surface area (Å²) in [6, 6.07) is 26.8. The van der Waals surface area contributed by atoms with Crippen LogP contribution in [0, 0.1) is 0 Å². The monoisotopic (exact) mass is 866 g/mol. The van der Waals surface area contributed by atoms with Gasteiger partial charge in [-0.25, -0.2) is 0 Å². The van der Waals surface area contributed by atoms with Crippen LogP contribution in [-0.4, -0.2) is 0 Å². The zero-order valence-electron chi connectivity index (χ0n) is 27.3. The Kier molecular flexibility index (Phi) is 13.9. The van der Waals surface area contributed by atoms with E-state index >= 15 is 0 Å². The number of rotatable bonds is 16. The third-order valence-corrected chi connectivity index (χ3v) is 12.4. The number of benzene rings is 5. The van der Waals surface area contributed by atoms with Crippen molar-refractivity contribution >= 4 is 85.3 Å². The van der Waals surface area contributed by atoms with Crippen LogP contribution in [0.1, 0.15) is 102 Å². The van der Waals surface area contributed by atoms with E-state index in [4.69, 9.17) is 0 Å². The molecule has 0 aliphatic rings. The molecule has 0 heterocycles. The molecule has 5 rings (SSSR count). The number of halogens is 4. The maximum Gasteiger partial charge on any atom is 0.0295 e. The smallest absolute Gasteiger partial charge is 0.0295 e. The van der Waals surface area contributed by atoms with Crippen LogP contribution in [0.15, 0.2) is 90.7 Å². The fraction of sp³-hybridized carbons (Fsp3) is 0.381. The molecule has 5 aromatic rings. The van der Waals surface area contributed by atoms with E-state index in [-0.39, 0.29) is 0 Å². The molecule has 46 heavy (non-hydrogen) atoms. The van der Waals surface area contributed by atoms with Crippen LogP contribution in [0.25, 0.3) is 43.8 Å². The highest BCUT2D eigenvalue weighted by molar-refractivity contribution is 9.11. The summed E-state index contributed by atoms with van der Waals surface area (Å²) >= 11 is 16.7. The van der Waals surface area contributed by atoms with Crippen LogP contribution in [0.4, 0.5) is 0 Å². The molecule has 0 atom stereocenters. The van der Waals surface area contributed by atoms with Gasteiger partial charge in [0.25, 0.3) is 0 Å². The Hall–Kier alpha value is -1.46. The minimum Gasteiger partial charge on any atom is -0.0654 e. The number of hydrogen-bond acceptors (Lipinski definition) is 0. The SMILES string of the molecule is CCCCCCCCc1c(Br)c(-c2cc3ccccc3cc2Br)c(CCCCCCCC)c(Br)c1-c1cc2ccccc2cc1Br. The van der Waals surface area contributed by atoms with Crippen LogP contribution in [0.3, 0.4) is 0 Å². The highest BCUT2D eigenvalue weighted by Crippen LogP contribution is 2.50. The van der Waals surface area contributed by atoms with E-state index in [0.29, 0.717) is 0 Å². The summed E-state index contributed by atoms with van der Waals surface area (Å²) in [5.74, 6) is 0. The molecule has 0 saturated heterocycles. The minimum atomic E-state index is 1.04. The summed E-state index contributed by atoms with van der Waals surface area (Å²) in [6.45, 7) is 4.59. The van der Waals surface area contributed by atoms with Gasteiger partial charge in [0.05, 0.1) is 0 Å². The molecule has 5 aromatic carbocycles. The van der Waals surface area contributed by atoms with E-state index in [2.05, 4.69) is 150 Å². The molecule has 0 aliphatic carbocycles. The first-order valence-corrected chi connectivity index (χ1v) is 20.5. The van der Waals surface area contributed by atoms with E-state index in [9.17, 15) is 0 Å². The highest BCUT2D eigenvalue weighted by atomic mass is 79.9. The molecule has 4 heteroatoms. The summed E-state index contributed by atoms with van der Waals surface area (Å²) in [7, 11) is 0. The Bertz CT molecular complexity index is 1640. The zero-order valence-corrected chi connectivity index (χ0v) is 33.7.